The number of imidazole rings is 1. The van der Waals surface area contributed by atoms with Gasteiger partial charge in [0.05, 0.1) is 12.6 Å². The molecule has 2 aromatic rings. The van der Waals surface area contributed by atoms with Gasteiger partial charge in [0.25, 0.3) is 0 Å². The van der Waals surface area contributed by atoms with Crippen LogP contribution in [0.25, 0.3) is 0 Å². The summed E-state index contributed by atoms with van der Waals surface area (Å²) in [5.41, 5.74) is 2.29. The van der Waals surface area contributed by atoms with E-state index in [1.54, 1.807) is 6.20 Å². The molecule has 0 spiro atoms. The Hall–Kier alpha value is -1.81. The molecule has 3 rings (SSSR count). The summed E-state index contributed by atoms with van der Waals surface area (Å²) in [4.78, 5) is 4.18. The molecule has 0 bridgehead atoms. The molecule has 0 saturated heterocycles. The van der Waals surface area contributed by atoms with Crippen molar-refractivity contribution in [2.75, 3.05) is 6.61 Å². The molecular formula is C16H20N2O2. The minimum absolute atomic E-state index is 0.335. The van der Waals surface area contributed by atoms with E-state index in [2.05, 4.69) is 15.6 Å². The summed E-state index contributed by atoms with van der Waals surface area (Å²) in [6, 6.07) is 6.06. The number of aromatic nitrogens is 2. The van der Waals surface area contributed by atoms with Crippen molar-refractivity contribution in [3.63, 3.8) is 0 Å². The lowest BCUT2D eigenvalue weighted by atomic mass is 9.89. The van der Waals surface area contributed by atoms with Gasteiger partial charge in [-0.3, -0.25) is 0 Å². The molecule has 0 amide bonds. The Kier molecular flexibility index (Phi) is 3.74. The van der Waals surface area contributed by atoms with Crippen LogP contribution in [0.2, 0.25) is 0 Å². The number of rotatable bonds is 4. The predicted molar refractivity (Wildman–Crippen MR) is 76.8 cm³/mol. The average molecular weight is 272 g/mol. The van der Waals surface area contributed by atoms with Crippen LogP contribution in [0.15, 0.2) is 30.6 Å². The number of nitrogens with zero attached hydrogens (tertiary/aromatic N) is 2. The number of hydrogen-bond acceptors (Lipinski definition) is 3. The predicted octanol–water partition coefficient (Wildman–Crippen LogP) is 2.64. The summed E-state index contributed by atoms with van der Waals surface area (Å²) in [5, 5.41) is 10.0. The highest BCUT2D eigenvalue weighted by molar-refractivity contribution is 5.38. The van der Waals surface area contributed by atoms with Gasteiger partial charge in [-0.15, -0.1) is 0 Å². The number of hydrogen-bond donors (Lipinski definition) is 1. The van der Waals surface area contributed by atoms with Crippen LogP contribution >= 0.6 is 0 Å². The molecule has 0 fully saturated rings. The number of aliphatic hydroxyl groups excluding tert-OH is 1. The van der Waals surface area contributed by atoms with Crippen LogP contribution in [0.5, 0.6) is 5.75 Å². The lowest BCUT2D eigenvalue weighted by Crippen LogP contribution is -2.11. The molecular weight excluding hydrogens is 252 g/mol. The van der Waals surface area contributed by atoms with Gasteiger partial charge < -0.3 is 14.4 Å². The Morgan fingerprint density at radius 1 is 1.45 bits per heavy atom. The molecule has 0 radical (unpaired) electrons. The summed E-state index contributed by atoms with van der Waals surface area (Å²) in [6.07, 6.45) is 6.39. The second-order valence-electron chi connectivity index (χ2n) is 5.28. The van der Waals surface area contributed by atoms with E-state index in [0.29, 0.717) is 6.61 Å². The van der Waals surface area contributed by atoms with Crippen molar-refractivity contribution in [3.05, 3.63) is 47.5 Å². The third-order valence-corrected chi connectivity index (χ3v) is 3.92. The molecule has 4 nitrogen and oxygen atoms in total. The van der Waals surface area contributed by atoms with E-state index in [0.717, 1.165) is 42.9 Å². The largest absolute Gasteiger partial charge is 0.492 e. The van der Waals surface area contributed by atoms with E-state index in [4.69, 9.17) is 4.74 Å². The Morgan fingerprint density at radius 3 is 3.15 bits per heavy atom. The second-order valence-corrected chi connectivity index (χ2v) is 5.28. The zero-order valence-corrected chi connectivity index (χ0v) is 11.7. The molecule has 0 aliphatic heterocycles. The van der Waals surface area contributed by atoms with Crippen molar-refractivity contribution >= 4 is 0 Å². The van der Waals surface area contributed by atoms with Crippen LogP contribution in [0.1, 0.15) is 35.9 Å². The number of aliphatic hydroxyl groups is 1. The molecule has 1 heterocycles. The zero-order chi connectivity index (χ0) is 13.9. The van der Waals surface area contributed by atoms with Gasteiger partial charge in [-0.25, -0.2) is 4.98 Å². The van der Waals surface area contributed by atoms with Crippen LogP contribution in [0.4, 0.5) is 0 Å². The van der Waals surface area contributed by atoms with Crippen molar-refractivity contribution in [2.24, 2.45) is 0 Å². The van der Waals surface area contributed by atoms with Gasteiger partial charge in [-0.1, -0.05) is 6.07 Å². The maximum atomic E-state index is 10.0. The minimum atomic E-state index is -0.335. The molecule has 1 aromatic carbocycles. The molecule has 1 atom stereocenters. The van der Waals surface area contributed by atoms with Gasteiger partial charge in [0.2, 0.25) is 0 Å². The lowest BCUT2D eigenvalue weighted by Gasteiger charge is -2.22. The fourth-order valence-corrected chi connectivity index (χ4v) is 2.74. The van der Waals surface area contributed by atoms with Crippen molar-refractivity contribution in [1.82, 2.24) is 9.55 Å². The minimum Gasteiger partial charge on any atom is -0.492 e. The van der Waals surface area contributed by atoms with Gasteiger partial charge in [-0.2, -0.15) is 0 Å². The molecule has 4 heteroatoms. The topological polar surface area (TPSA) is 47.3 Å². The molecule has 1 unspecified atom stereocenters. The van der Waals surface area contributed by atoms with Gasteiger partial charge in [0, 0.05) is 12.4 Å². The summed E-state index contributed by atoms with van der Waals surface area (Å²) in [6.45, 7) is 3.37. The first kappa shape index (κ1) is 13.2. The Labute approximate surface area is 119 Å². The maximum Gasteiger partial charge on any atom is 0.119 e. The first-order valence-electron chi connectivity index (χ1n) is 7.15. The third kappa shape index (κ3) is 2.70. The molecule has 1 aliphatic carbocycles. The Balaban J connectivity index is 1.63. The summed E-state index contributed by atoms with van der Waals surface area (Å²) >= 11 is 0. The van der Waals surface area contributed by atoms with Crippen molar-refractivity contribution < 1.29 is 9.84 Å². The van der Waals surface area contributed by atoms with Crippen LogP contribution in [-0.4, -0.2) is 21.3 Å². The normalized spacial score (nSPS) is 17.8. The van der Waals surface area contributed by atoms with Crippen molar-refractivity contribution in [3.8, 4) is 5.75 Å². The molecule has 1 N–H and O–H groups in total. The number of fused-ring (bicyclic) bond motifs is 1. The molecule has 0 saturated carbocycles. The average Bonchev–Trinajstić information content (AvgIpc) is 2.85. The van der Waals surface area contributed by atoms with Crippen LogP contribution in [0.3, 0.4) is 0 Å². The van der Waals surface area contributed by atoms with E-state index >= 15 is 0 Å². The lowest BCUT2D eigenvalue weighted by molar-refractivity contribution is 0.156. The Morgan fingerprint density at radius 2 is 2.35 bits per heavy atom. The standard InChI is InChI=1S/C16H20N2O2/c1-12-17-7-8-18(12)9-10-20-14-6-5-13-3-2-4-16(19)15(13)11-14/h5-8,11,16,19H,2-4,9-10H2,1H3. The first-order valence-corrected chi connectivity index (χ1v) is 7.15. The second kappa shape index (κ2) is 5.67. The highest BCUT2D eigenvalue weighted by Gasteiger charge is 2.18. The van der Waals surface area contributed by atoms with E-state index in [-0.39, 0.29) is 6.10 Å². The molecule has 1 aromatic heterocycles. The van der Waals surface area contributed by atoms with E-state index < -0.39 is 0 Å². The monoisotopic (exact) mass is 272 g/mol. The fraction of sp³-hybridized carbons (Fsp3) is 0.438. The maximum absolute atomic E-state index is 10.0. The smallest absolute Gasteiger partial charge is 0.119 e. The molecule has 1 aliphatic rings. The third-order valence-electron chi connectivity index (χ3n) is 3.92. The molecule has 106 valence electrons. The quantitative estimate of drug-likeness (QED) is 0.930. The summed E-state index contributed by atoms with van der Waals surface area (Å²) in [5.74, 6) is 1.83. The van der Waals surface area contributed by atoms with Crippen LogP contribution < -0.4 is 4.74 Å². The Bertz CT molecular complexity index is 592. The van der Waals surface area contributed by atoms with Crippen LogP contribution in [0, 0.1) is 6.92 Å². The van der Waals surface area contributed by atoms with E-state index in [1.165, 1.54) is 5.56 Å². The molecule has 20 heavy (non-hydrogen) atoms. The highest BCUT2D eigenvalue weighted by atomic mass is 16.5. The number of aryl methyl sites for hydroxylation is 2. The summed E-state index contributed by atoms with van der Waals surface area (Å²) in [7, 11) is 0. The SMILES string of the molecule is Cc1nccn1CCOc1ccc2c(c1)C(O)CCC2. The number of ether oxygens (including phenoxy) is 1. The fourth-order valence-electron chi connectivity index (χ4n) is 2.74. The van der Waals surface area contributed by atoms with Gasteiger partial charge in [-0.05, 0) is 49.4 Å². The van der Waals surface area contributed by atoms with E-state index in [9.17, 15) is 5.11 Å². The van der Waals surface area contributed by atoms with Gasteiger partial charge in [0.1, 0.15) is 18.2 Å². The van der Waals surface area contributed by atoms with Gasteiger partial charge >= 0.3 is 0 Å². The zero-order valence-electron chi connectivity index (χ0n) is 11.7. The highest BCUT2D eigenvalue weighted by Crippen LogP contribution is 2.32. The van der Waals surface area contributed by atoms with Crippen molar-refractivity contribution in [1.29, 1.82) is 0 Å². The number of benzene rings is 1. The summed E-state index contributed by atoms with van der Waals surface area (Å²) < 4.78 is 7.85. The van der Waals surface area contributed by atoms with Gasteiger partial charge in [0.15, 0.2) is 0 Å². The van der Waals surface area contributed by atoms with E-state index in [1.807, 2.05) is 25.3 Å². The van der Waals surface area contributed by atoms with Crippen LogP contribution in [-0.2, 0) is 13.0 Å². The van der Waals surface area contributed by atoms with Crippen molar-refractivity contribution in [2.45, 2.75) is 38.8 Å². The first-order chi connectivity index (χ1) is 9.74.